The molecule has 0 unspecified atom stereocenters. The molecule has 0 amide bonds. The molecular weight excluding hydrogens is 154 g/mol. The molecule has 2 fully saturated rings. The summed E-state index contributed by atoms with van der Waals surface area (Å²) in [6.45, 7) is 3.59. The van der Waals surface area contributed by atoms with Crippen LogP contribution in [0.4, 0.5) is 0 Å². The highest BCUT2D eigenvalue weighted by Crippen LogP contribution is 2.37. The average Bonchev–Trinajstić information content (AvgIpc) is 2.41. The highest BCUT2D eigenvalue weighted by atomic mass is 16.5. The van der Waals surface area contributed by atoms with Crippen LogP contribution < -0.4 is 5.73 Å². The molecule has 70 valence electrons. The fourth-order valence-corrected chi connectivity index (χ4v) is 2.22. The first-order chi connectivity index (χ1) is 5.73. The second kappa shape index (κ2) is 2.98. The highest BCUT2D eigenvalue weighted by Gasteiger charge is 2.45. The van der Waals surface area contributed by atoms with Crippen molar-refractivity contribution in [3.8, 4) is 0 Å². The third-order valence-corrected chi connectivity index (χ3v) is 3.05. The predicted molar refractivity (Wildman–Crippen MR) is 45.9 cm³/mol. The fraction of sp³-hybridized carbons (Fsp3) is 1.00. The Morgan fingerprint density at radius 1 is 1.42 bits per heavy atom. The molecule has 2 N–H and O–H groups in total. The quantitative estimate of drug-likeness (QED) is 0.582. The van der Waals surface area contributed by atoms with Gasteiger partial charge >= 0.3 is 0 Å². The van der Waals surface area contributed by atoms with Crippen molar-refractivity contribution in [2.45, 2.75) is 43.9 Å². The molecular formula is C9H17NO2. The third kappa shape index (κ3) is 1.26. The maximum Gasteiger partial charge on any atom is 0.0881 e. The van der Waals surface area contributed by atoms with Crippen LogP contribution in [-0.2, 0) is 9.47 Å². The van der Waals surface area contributed by atoms with Gasteiger partial charge in [0, 0.05) is 13.0 Å². The van der Waals surface area contributed by atoms with Crippen molar-refractivity contribution < 1.29 is 9.47 Å². The molecule has 0 aromatic carbocycles. The first kappa shape index (κ1) is 8.48. The maximum atomic E-state index is 5.99. The summed E-state index contributed by atoms with van der Waals surface area (Å²) in [6, 6.07) is 0.0798. The van der Waals surface area contributed by atoms with Gasteiger partial charge in [0.2, 0.25) is 0 Å². The fourth-order valence-electron chi connectivity index (χ4n) is 2.22. The second-order valence-electron chi connectivity index (χ2n) is 3.96. The first-order valence-corrected chi connectivity index (χ1v) is 4.74. The lowest BCUT2D eigenvalue weighted by molar-refractivity contribution is -0.112. The zero-order valence-corrected chi connectivity index (χ0v) is 7.58. The summed E-state index contributed by atoms with van der Waals surface area (Å²) in [6.07, 6.45) is 3.61. The largest absolute Gasteiger partial charge is 0.380 e. The Labute approximate surface area is 73.2 Å². The smallest absolute Gasteiger partial charge is 0.0881 e. The van der Waals surface area contributed by atoms with E-state index in [2.05, 4.69) is 6.92 Å². The summed E-state index contributed by atoms with van der Waals surface area (Å²) in [5.74, 6) is 0. The van der Waals surface area contributed by atoms with E-state index in [9.17, 15) is 0 Å². The van der Waals surface area contributed by atoms with Gasteiger partial charge in [-0.25, -0.2) is 0 Å². The molecule has 0 saturated carbocycles. The van der Waals surface area contributed by atoms with E-state index in [4.69, 9.17) is 15.2 Å². The minimum Gasteiger partial charge on any atom is -0.380 e. The van der Waals surface area contributed by atoms with Crippen molar-refractivity contribution in [3.05, 3.63) is 0 Å². The van der Waals surface area contributed by atoms with E-state index >= 15 is 0 Å². The van der Waals surface area contributed by atoms with Crippen LogP contribution >= 0.6 is 0 Å². The molecule has 2 heterocycles. The molecule has 0 aromatic rings. The van der Waals surface area contributed by atoms with Crippen molar-refractivity contribution in [2.24, 2.45) is 5.73 Å². The van der Waals surface area contributed by atoms with E-state index in [-0.39, 0.29) is 11.6 Å². The lowest BCUT2D eigenvalue weighted by Gasteiger charge is -2.38. The van der Waals surface area contributed by atoms with E-state index in [0.29, 0.717) is 12.7 Å². The molecule has 0 bridgehead atoms. The van der Waals surface area contributed by atoms with Gasteiger partial charge in [0.1, 0.15) is 0 Å². The Morgan fingerprint density at radius 2 is 2.25 bits per heavy atom. The summed E-state index contributed by atoms with van der Waals surface area (Å²) < 4.78 is 11.2. The van der Waals surface area contributed by atoms with Crippen molar-refractivity contribution >= 4 is 0 Å². The normalized spacial score (nSPS) is 48.5. The minimum absolute atomic E-state index is 0.0440. The SMILES string of the molecule is C[C@@H]1CC[C@]2(CCOC[C@@H]2N)O1. The van der Waals surface area contributed by atoms with E-state index in [1.165, 1.54) is 0 Å². The lowest BCUT2D eigenvalue weighted by Crippen LogP contribution is -2.54. The van der Waals surface area contributed by atoms with Gasteiger partial charge < -0.3 is 15.2 Å². The summed E-state index contributed by atoms with van der Waals surface area (Å²) in [7, 11) is 0. The molecule has 2 rings (SSSR count). The van der Waals surface area contributed by atoms with E-state index in [0.717, 1.165) is 25.9 Å². The second-order valence-corrected chi connectivity index (χ2v) is 3.96. The van der Waals surface area contributed by atoms with Gasteiger partial charge in [-0.1, -0.05) is 0 Å². The average molecular weight is 171 g/mol. The number of rotatable bonds is 0. The van der Waals surface area contributed by atoms with Gasteiger partial charge in [0.05, 0.1) is 24.4 Å². The zero-order chi connectivity index (χ0) is 8.60. The number of ether oxygens (including phenoxy) is 2. The zero-order valence-electron chi connectivity index (χ0n) is 7.58. The Hall–Kier alpha value is -0.120. The minimum atomic E-state index is -0.0440. The number of nitrogens with two attached hydrogens (primary N) is 1. The third-order valence-electron chi connectivity index (χ3n) is 3.05. The van der Waals surface area contributed by atoms with E-state index < -0.39 is 0 Å². The summed E-state index contributed by atoms with van der Waals surface area (Å²) in [4.78, 5) is 0. The highest BCUT2D eigenvalue weighted by molar-refractivity contribution is 4.98. The van der Waals surface area contributed by atoms with E-state index in [1.54, 1.807) is 0 Å². The van der Waals surface area contributed by atoms with Gasteiger partial charge in [-0.05, 0) is 19.8 Å². The van der Waals surface area contributed by atoms with Crippen LogP contribution in [0.15, 0.2) is 0 Å². The van der Waals surface area contributed by atoms with Crippen LogP contribution in [0, 0.1) is 0 Å². The van der Waals surface area contributed by atoms with Gasteiger partial charge in [0.15, 0.2) is 0 Å². The van der Waals surface area contributed by atoms with Crippen molar-refractivity contribution in [1.82, 2.24) is 0 Å². The van der Waals surface area contributed by atoms with Crippen molar-refractivity contribution in [2.75, 3.05) is 13.2 Å². The van der Waals surface area contributed by atoms with Crippen LogP contribution in [0.2, 0.25) is 0 Å². The molecule has 0 radical (unpaired) electrons. The Kier molecular flexibility index (Phi) is 2.10. The molecule has 3 atom stereocenters. The van der Waals surface area contributed by atoms with Gasteiger partial charge in [0.25, 0.3) is 0 Å². The van der Waals surface area contributed by atoms with Crippen molar-refractivity contribution in [1.29, 1.82) is 0 Å². The molecule has 3 nitrogen and oxygen atoms in total. The van der Waals surface area contributed by atoms with Crippen LogP contribution in [0.3, 0.4) is 0 Å². The molecule has 0 aliphatic carbocycles. The number of hydrogen-bond donors (Lipinski definition) is 1. The van der Waals surface area contributed by atoms with Crippen LogP contribution in [0.25, 0.3) is 0 Å². The topological polar surface area (TPSA) is 44.5 Å². The summed E-state index contributed by atoms with van der Waals surface area (Å²) in [5, 5.41) is 0. The molecule has 2 saturated heterocycles. The summed E-state index contributed by atoms with van der Waals surface area (Å²) in [5.41, 5.74) is 5.94. The summed E-state index contributed by atoms with van der Waals surface area (Å²) >= 11 is 0. The molecule has 12 heavy (non-hydrogen) atoms. The van der Waals surface area contributed by atoms with Gasteiger partial charge in [-0.2, -0.15) is 0 Å². The predicted octanol–water partition coefficient (Wildman–Crippen LogP) is 0.672. The van der Waals surface area contributed by atoms with Crippen molar-refractivity contribution in [3.63, 3.8) is 0 Å². The molecule has 2 aliphatic rings. The molecule has 0 aromatic heterocycles. The van der Waals surface area contributed by atoms with Gasteiger partial charge in [-0.3, -0.25) is 0 Å². The molecule has 2 aliphatic heterocycles. The monoisotopic (exact) mass is 171 g/mol. The van der Waals surface area contributed by atoms with Gasteiger partial charge in [-0.15, -0.1) is 0 Å². The molecule has 1 spiro atoms. The lowest BCUT2D eigenvalue weighted by atomic mass is 9.87. The van der Waals surface area contributed by atoms with E-state index in [1.807, 2.05) is 0 Å². The van der Waals surface area contributed by atoms with Crippen LogP contribution in [0.5, 0.6) is 0 Å². The standard InChI is InChI=1S/C9H17NO2/c1-7-2-3-9(12-7)4-5-11-6-8(9)10/h7-8H,2-6,10H2,1H3/t7-,8+,9-/m1/s1. The Morgan fingerprint density at radius 3 is 2.83 bits per heavy atom. The van der Waals surface area contributed by atoms with Crippen LogP contribution in [0.1, 0.15) is 26.2 Å². The Balaban J connectivity index is 2.07. The molecule has 3 heteroatoms. The maximum absolute atomic E-state index is 5.99. The first-order valence-electron chi connectivity index (χ1n) is 4.74. The Bertz CT molecular complexity index is 170. The number of hydrogen-bond acceptors (Lipinski definition) is 3. The van der Waals surface area contributed by atoms with Crippen LogP contribution in [-0.4, -0.2) is 31.0 Å².